The Morgan fingerprint density at radius 2 is 1.96 bits per heavy atom. The third-order valence-corrected chi connectivity index (χ3v) is 3.77. The molecule has 0 unspecified atom stereocenters. The summed E-state index contributed by atoms with van der Waals surface area (Å²) in [6, 6.07) is 11.4. The van der Waals surface area contributed by atoms with Gasteiger partial charge in [-0.3, -0.25) is 4.98 Å². The Hall–Kier alpha value is -2.92. The van der Waals surface area contributed by atoms with Crippen molar-refractivity contribution in [2.24, 2.45) is 0 Å². The zero-order chi connectivity index (χ0) is 15.6. The summed E-state index contributed by atoms with van der Waals surface area (Å²) in [5.41, 5.74) is 4.47. The van der Waals surface area contributed by atoms with Gasteiger partial charge in [0.25, 0.3) is 0 Å². The predicted octanol–water partition coefficient (Wildman–Crippen LogP) is 4.42. The Kier molecular flexibility index (Phi) is 3.40. The molecule has 6 heteroatoms. The minimum absolute atomic E-state index is 0.681. The molecule has 112 valence electrons. The molecule has 23 heavy (non-hydrogen) atoms. The van der Waals surface area contributed by atoms with Crippen molar-refractivity contribution >= 4 is 33.9 Å². The molecule has 0 radical (unpaired) electrons. The third-order valence-electron chi connectivity index (χ3n) is 3.53. The molecular weight excluding hydrogens is 310 g/mol. The lowest BCUT2D eigenvalue weighted by Gasteiger charge is -2.08. The van der Waals surface area contributed by atoms with Gasteiger partial charge in [0.15, 0.2) is 0 Å². The Morgan fingerprint density at radius 1 is 1.04 bits per heavy atom. The third kappa shape index (κ3) is 2.62. The number of hydrogen-bond acceptors (Lipinski definition) is 4. The first-order chi connectivity index (χ1) is 11.3. The molecule has 0 saturated heterocycles. The van der Waals surface area contributed by atoms with Gasteiger partial charge in [0.2, 0.25) is 0 Å². The highest BCUT2D eigenvalue weighted by atomic mass is 35.5. The lowest BCUT2D eigenvalue weighted by atomic mass is 10.2. The van der Waals surface area contributed by atoms with Gasteiger partial charge in [-0.25, -0.2) is 9.97 Å². The first-order valence-electron chi connectivity index (χ1n) is 7.06. The topological polar surface area (TPSA) is 66.5 Å². The van der Waals surface area contributed by atoms with Gasteiger partial charge in [0.05, 0.1) is 28.8 Å². The Balaban J connectivity index is 1.89. The maximum Gasteiger partial charge on any atom is 0.116 e. The first-order valence-corrected chi connectivity index (χ1v) is 7.44. The highest BCUT2D eigenvalue weighted by Crippen LogP contribution is 2.35. The van der Waals surface area contributed by atoms with E-state index < -0.39 is 0 Å². The van der Waals surface area contributed by atoms with Crippen LogP contribution in [-0.2, 0) is 0 Å². The van der Waals surface area contributed by atoms with Gasteiger partial charge in [-0.05, 0) is 30.3 Å². The van der Waals surface area contributed by atoms with E-state index in [1.807, 2.05) is 36.4 Å². The number of nitrogens with one attached hydrogen (secondary N) is 2. The van der Waals surface area contributed by atoms with Crippen molar-refractivity contribution in [1.29, 1.82) is 0 Å². The summed E-state index contributed by atoms with van der Waals surface area (Å²) in [5, 5.41) is 5.15. The quantitative estimate of drug-likeness (QED) is 0.586. The van der Waals surface area contributed by atoms with Crippen molar-refractivity contribution in [3.63, 3.8) is 0 Å². The van der Waals surface area contributed by atoms with Gasteiger partial charge in [-0.15, -0.1) is 0 Å². The number of rotatable bonds is 3. The van der Waals surface area contributed by atoms with E-state index in [0.29, 0.717) is 5.02 Å². The summed E-state index contributed by atoms with van der Waals surface area (Å²) in [4.78, 5) is 15.8. The number of aromatic nitrogens is 4. The number of pyridine rings is 1. The van der Waals surface area contributed by atoms with Gasteiger partial charge < -0.3 is 10.3 Å². The summed E-state index contributed by atoms with van der Waals surface area (Å²) in [6.45, 7) is 0. The van der Waals surface area contributed by atoms with Crippen molar-refractivity contribution in [3.05, 3.63) is 66.3 Å². The number of nitrogens with zero attached hydrogens (tertiary/aromatic N) is 3. The van der Waals surface area contributed by atoms with Crippen molar-refractivity contribution in [2.75, 3.05) is 5.32 Å². The summed E-state index contributed by atoms with van der Waals surface area (Å²) in [7, 11) is 0. The van der Waals surface area contributed by atoms with Crippen LogP contribution in [0.3, 0.4) is 0 Å². The van der Waals surface area contributed by atoms with E-state index in [4.69, 9.17) is 11.6 Å². The average Bonchev–Trinajstić information content (AvgIpc) is 2.95. The fourth-order valence-corrected chi connectivity index (χ4v) is 2.71. The standard InChI is InChI=1S/C17H12ClN5/c18-11-2-1-3-12(8-11)22-16-13-4-6-19-9-15(13)23-17(16)14-5-7-20-10-21-14/h1-10,22-23H. The zero-order valence-corrected chi connectivity index (χ0v) is 12.7. The van der Waals surface area contributed by atoms with Crippen LogP contribution in [0.2, 0.25) is 5.02 Å². The molecule has 4 aromatic rings. The molecule has 3 heterocycles. The molecule has 0 saturated carbocycles. The van der Waals surface area contributed by atoms with E-state index in [1.54, 1.807) is 18.6 Å². The van der Waals surface area contributed by atoms with E-state index >= 15 is 0 Å². The van der Waals surface area contributed by atoms with E-state index in [1.165, 1.54) is 6.33 Å². The van der Waals surface area contributed by atoms with E-state index in [-0.39, 0.29) is 0 Å². The van der Waals surface area contributed by atoms with Crippen LogP contribution in [0.1, 0.15) is 0 Å². The lowest BCUT2D eigenvalue weighted by Crippen LogP contribution is -1.93. The van der Waals surface area contributed by atoms with Crippen LogP contribution in [0.4, 0.5) is 11.4 Å². The summed E-state index contributed by atoms with van der Waals surface area (Å²) in [5.74, 6) is 0. The van der Waals surface area contributed by atoms with Crippen LogP contribution in [-0.4, -0.2) is 19.9 Å². The van der Waals surface area contributed by atoms with Crippen molar-refractivity contribution in [3.8, 4) is 11.4 Å². The van der Waals surface area contributed by atoms with Crippen LogP contribution >= 0.6 is 11.6 Å². The van der Waals surface area contributed by atoms with E-state index in [0.717, 1.165) is 33.7 Å². The maximum absolute atomic E-state index is 6.08. The molecule has 3 aromatic heterocycles. The summed E-state index contributed by atoms with van der Waals surface area (Å²) >= 11 is 6.08. The van der Waals surface area contributed by atoms with Gasteiger partial charge in [-0.2, -0.15) is 0 Å². The smallest absolute Gasteiger partial charge is 0.116 e. The van der Waals surface area contributed by atoms with Crippen molar-refractivity contribution < 1.29 is 0 Å². The molecule has 0 amide bonds. The number of fused-ring (bicyclic) bond motifs is 1. The van der Waals surface area contributed by atoms with Gasteiger partial charge in [-0.1, -0.05) is 17.7 Å². The number of benzene rings is 1. The molecule has 0 aliphatic carbocycles. The van der Waals surface area contributed by atoms with Gasteiger partial charge in [0, 0.05) is 28.5 Å². The van der Waals surface area contributed by atoms with Crippen LogP contribution < -0.4 is 5.32 Å². The van der Waals surface area contributed by atoms with Crippen molar-refractivity contribution in [2.45, 2.75) is 0 Å². The van der Waals surface area contributed by atoms with Crippen LogP contribution in [0.25, 0.3) is 22.3 Å². The first kappa shape index (κ1) is 13.7. The fraction of sp³-hybridized carbons (Fsp3) is 0. The molecule has 1 aromatic carbocycles. The molecule has 0 atom stereocenters. The second-order valence-corrected chi connectivity index (χ2v) is 5.46. The molecule has 4 rings (SSSR count). The molecule has 5 nitrogen and oxygen atoms in total. The van der Waals surface area contributed by atoms with Crippen LogP contribution in [0.15, 0.2) is 61.3 Å². The molecule has 0 bridgehead atoms. The molecule has 0 aliphatic heterocycles. The maximum atomic E-state index is 6.08. The SMILES string of the molecule is Clc1cccc(Nc2c(-c3ccncn3)[nH]c3cnccc23)c1. The second-order valence-electron chi connectivity index (χ2n) is 5.03. The van der Waals surface area contributed by atoms with Gasteiger partial charge in [0.1, 0.15) is 6.33 Å². The van der Waals surface area contributed by atoms with Gasteiger partial charge >= 0.3 is 0 Å². The fourth-order valence-electron chi connectivity index (χ4n) is 2.51. The van der Waals surface area contributed by atoms with Crippen LogP contribution in [0.5, 0.6) is 0 Å². The monoisotopic (exact) mass is 321 g/mol. The highest BCUT2D eigenvalue weighted by Gasteiger charge is 2.14. The summed E-state index contributed by atoms with van der Waals surface area (Å²) in [6.07, 6.45) is 6.81. The number of aromatic amines is 1. The van der Waals surface area contributed by atoms with Crippen molar-refractivity contribution in [1.82, 2.24) is 19.9 Å². The normalized spacial score (nSPS) is 10.8. The predicted molar refractivity (Wildman–Crippen MR) is 91.9 cm³/mol. The zero-order valence-electron chi connectivity index (χ0n) is 12.0. The minimum Gasteiger partial charge on any atom is -0.353 e. The highest BCUT2D eigenvalue weighted by molar-refractivity contribution is 6.30. The second kappa shape index (κ2) is 5.70. The minimum atomic E-state index is 0.681. The Labute approximate surface area is 137 Å². The molecular formula is C17H12ClN5. The largest absolute Gasteiger partial charge is 0.353 e. The van der Waals surface area contributed by atoms with Crippen LogP contribution in [0, 0.1) is 0 Å². The number of halogens is 1. The average molecular weight is 322 g/mol. The Bertz CT molecular complexity index is 965. The molecule has 0 spiro atoms. The Morgan fingerprint density at radius 3 is 2.78 bits per heavy atom. The number of hydrogen-bond donors (Lipinski definition) is 2. The van der Waals surface area contributed by atoms with E-state index in [2.05, 4.69) is 25.3 Å². The van der Waals surface area contributed by atoms with E-state index in [9.17, 15) is 0 Å². The molecule has 0 aliphatic rings. The number of H-pyrrole nitrogens is 1. The lowest BCUT2D eigenvalue weighted by molar-refractivity contribution is 1.16. The number of anilines is 2. The molecule has 2 N–H and O–H groups in total. The molecule has 0 fully saturated rings. The summed E-state index contributed by atoms with van der Waals surface area (Å²) < 4.78 is 0.